The Bertz CT molecular complexity index is 628. The topological polar surface area (TPSA) is 66.2 Å². The first-order valence-electron chi connectivity index (χ1n) is 7.01. The second-order valence-electron chi connectivity index (χ2n) is 5.73. The second-order valence-corrected chi connectivity index (χ2v) is 6.14. The molecule has 0 bridgehead atoms. The van der Waals surface area contributed by atoms with Gasteiger partial charge >= 0.3 is 5.97 Å². The number of halogens is 1. The average Bonchev–Trinajstić information content (AvgIpc) is 3.04. The van der Waals surface area contributed by atoms with Crippen molar-refractivity contribution in [2.24, 2.45) is 11.3 Å². The molecule has 21 heavy (non-hydrogen) atoms. The molecule has 1 aliphatic carbocycles. The van der Waals surface area contributed by atoms with Crippen molar-refractivity contribution < 1.29 is 9.53 Å². The number of anilines is 1. The summed E-state index contributed by atoms with van der Waals surface area (Å²) in [4.78, 5) is 18.6. The van der Waals surface area contributed by atoms with E-state index in [9.17, 15) is 4.79 Å². The van der Waals surface area contributed by atoms with Crippen LogP contribution >= 0.6 is 11.6 Å². The van der Waals surface area contributed by atoms with E-state index in [0.29, 0.717) is 23.3 Å². The Morgan fingerprint density at radius 2 is 2.43 bits per heavy atom. The second kappa shape index (κ2) is 5.19. The number of esters is 1. The maximum absolute atomic E-state index is 12.2. The fraction of sp³-hybridized carbons (Fsp3) is 0.533. The van der Waals surface area contributed by atoms with Crippen molar-refractivity contribution >= 4 is 23.4 Å². The van der Waals surface area contributed by atoms with Crippen LogP contribution in [0.5, 0.6) is 0 Å². The molecule has 6 heteroatoms. The van der Waals surface area contributed by atoms with E-state index in [1.54, 1.807) is 12.1 Å². The molecular formula is C15H16ClN3O2. The number of methoxy groups -OCH3 is 1. The van der Waals surface area contributed by atoms with E-state index >= 15 is 0 Å². The van der Waals surface area contributed by atoms with Gasteiger partial charge in [0.25, 0.3) is 0 Å². The maximum Gasteiger partial charge on any atom is 0.313 e. The quantitative estimate of drug-likeness (QED) is 0.785. The molecule has 1 aromatic rings. The van der Waals surface area contributed by atoms with Crippen LogP contribution in [0.25, 0.3) is 0 Å². The molecule has 0 amide bonds. The lowest BCUT2D eigenvalue weighted by molar-refractivity contribution is -0.152. The lowest BCUT2D eigenvalue weighted by Crippen LogP contribution is -2.37. The zero-order valence-corrected chi connectivity index (χ0v) is 12.6. The molecule has 2 fully saturated rings. The number of hydrogen-bond donors (Lipinski definition) is 0. The fourth-order valence-corrected chi connectivity index (χ4v) is 3.83. The van der Waals surface area contributed by atoms with E-state index in [1.807, 2.05) is 6.07 Å². The number of nitriles is 1. The number of carbonyl (C=O) groups excluding carboxylic acids is 1. The summed E-state index contributed by atoms with van der Waals surface area (Å²) in [5.41, 5.74) is -0.193. The summed E-state index contributed by atoms with van der Waals surface area (Å²) in [5, 5.41) is 9.38. The van der Waals surface area contributed by atoms with Gasteiger partial charge in [0.1, 0.15) is 11.9 Å². The Morgan fingerprint density at radius 1 is 1.62 bits per heavy atom. The predicted molar refractivity (Wildman–Crippen MR) is 78.0 cm³/mol. The minimum atomic E-state index is -0.414. The first-order valence-corrected chi connectivity index (χ1v) is 7.38. The molecular weight excluding hydrogens is 290 g/mol. The molecule has 2 aliphatic rings. The Morgan fingerprint density at radius 3 is 3.14 bits per heavy atom. The minimum absolute atomic E-state index is 0.123. The first kappa shape index (κ1) is 14.2. The molecule has 2 unspecified atom stereocenters. The highest BCUT2D eigenvalue weighted by Gasteiger charge is 2.55. The summed E-state index contributed by atoms with van der Waals surface area (Å²) >= 11 is 5.92. The molecule has 2 atom stereocenters. The van der Waals surface area contributed by atoms with E-state index in [-0.39, 0.29) is 11.7 Å². The van der Waals surface area contributed by atoms with Crippen LogP contribution in [0, 0.1) is 22.7 Å². The molecule has 2 heterocycles. The van der Waals surface area contributed by atoms with Crippen LogP contribution in [0.3, 0.4) is 0 Å². The Balaban J connectivity index is 1.90. The van der Waals surface area contributed by atoms with Crippen molar-refractivity contribution in [3.63, 3.8) is 0 Å². The zero-order chi connectivity index (χ0) is 15.0. The van der Waals surface area contributed by atoms with Crippen LogP contribution in [-0.4, -0.2) is 31.2 Å². The number of carbonyl (C=O) groups is 1. The van der Waals surface area contributed by atoms with Crippen LogP contribution in [-0.2, 0) is 9.53 Å². The third-order valence-corrected chi connectivity index (χ3v) is 5.03. The largest absolute Gasteiger partial charge is 0.469 e. The van der Waals surface area contributed by atoms with E-state index in [1.165, 1.54) is 7.11 Å². The number of pyridine rings is 1. The third-order valence-electron chi connectivity index (χ3n) is 4.72. The highest BCUT2D eigenvalue weighted by molar-refractivity contribution is 6.31. The normalized spacial score (nSPS) is 27.3. The SMILES string of the molecule is COC(=O)C12CCCC1CN(c1ccc(Cl)c(C#N)n1)C2. The minimum Gasteiger partial charge on any atom is -0.469 e. The molecule has 0 aromatic carbocycles. The molecule has 1 saturated heterocycles. The molecule has 0 N–H and O–H groups in total. The van der Waals surface area contributed by atoms with Crippen LogP contribution < -0.4 is 4.90 Å². The van der Waals surface area contributed by atoms with Gasteiger partial charge in [0.05, 0.1) is 17.5 Å². The molecule has 110 valence electrons. The number of aromatic nitrogens is 1. The zero-order valence-electron chi connectivity index (χ0n) is 11.8. The van der Waals surface area contributed by atoms with Crippen LogP contribution in [0.15, 0.2) is 12.1 Å². The van der Waals surface area contributed by atoms with Crippen LogP contribution in [0.4, 0.5) is 5.82 Å². The lowest BCUT2D eigenvalue weighted by Gasteiger charge is -2.25. The maximum atomic E-state index is 12.2. The average molecular weight is 306 g/mol. The lowest BCUT2D eigenvalue weighted by atomic mass is 9.81. The highest BCUT2D eigenvalue weighted by Crippen LogP contribution is 2.50. The van der Waals surface area contributed by atoms with E-state index < -0.39 is 5.41 Å². The van der Waals surface area contributed by atoms with E-state index in [4.69, 9.17) is 21.6 Å². The summed E-state index contributed by atoms with van der Waals surface area (Å²) in [6.07, 6.45) is 2.95. The summed E-state index contributed by atoms with van der Waals surface area (Å²) in [6, 6.07) is 5.47. The van der Waals surface area contributed by atoms with Crippen LogP contribution in [0.2, 0.25) is 5.02 Å². The Hall–Kier alpha value is -1.80. The van der Waals surface area contributed by atoms with Crippen molar-refractivity contribution in [1.82, 2.24) is 4.98 Å². The van der Waals surface area contributed by atoms with Crippen molar-refractivity contribution in [2.75, 3.05) is 25.1 Å². The van der Waals surface area contributed by atoms with Gasteiger partial charge in [-0.1, -0.05) is 18.0 Å². The number of hydrogen-bond acceptors (Lipinski definition) is 5. The summed E-state index contributed by atoms with van der Waals surface area (Å²) in [7, 11) is 1.45. The van der Waals surface area contributed by atoms with Crippen molar-refractivity contribution in [3.05, 3.63) is 22.8 Å². The van der Waals surface area contributed by atoms with Gasteiger partial charge in [0.15, 0.2) is 5.69 Å². The summed E-state index contributed by atoms with van der Waals surface area (Å²) < 4.78 is 5.03. The highest BCUT2D eigenvalue weighted by atomic mass is 35.5. The molecule has 0 radical (unpaired) electrons. The Labute approximate surface area is 128 Å². The molecule has 5 nitrogen and oxygen atoms in total. The smallest absolute Gasteiger partial charge is 0.313 e. The third kappa shape index (κ3) is 2.14. The summed E-state index contributed by atoms with van der Waals surface area (Å²) in [5.74, 6) is 0.878. The van der Waals surface area contributed by atoms with Crippen LogP contribution in [0.1, 0.15) is 25.0 Å². The van der Waals surface area contributed by atoms with Crippen molar-refractivity contribution in [3.8, 4) is 6.07 Å². The van der Waals surface area contributed by atoms with Gasteiger partial charge in [-0.15, -0.1) is 0 Å². The first-order chi connectivity index (χ1) is 10.1. The molecule has 0 spiro atoms. The number of fused-ring (bicyclic) bond motifs is 1. The van der Waals surface area contributed by atoms with Gasteiger partial charge in [0, 0.05) is 13.1 Å². The summed E-state index contributed by atoms with van der Waals surface area (Å²) in [6.45, 7) is 1.37. The van der Waals surface area contributed by atoms with Crippen molar-refractivity contribution in [1.29, 1.82) is 5.26 Å². The van der Waals surface area contributed by atoms with E-state index in [0.717, 1.165) is 25.8 Å². The van der Waals surface area contributed by atoms with Gasteiger partial charge < -0.3 is 9.64 Å². The van der Waals surface area contributed by atoms with Gasteiger partial charge in [-0.05, 0) is 30.9 Å². The van der Waals surface area contributed by atoms with Gasteiger partial charge in [-0.25, -0.2) is 4.98 Å². The molecule has 3 rings (SSSR count). The van der Waals surface area contributed by atoms with Crippen molar-refractivity contribution in [2.45, 2.75) is 19.3 Å². The van der Waals surface area contributed by atoms with E-state index in [2.05, 4.69) is 9.88 Å². The number of rotatable bonds is 2. The number of nitrogens with zero attached hydrogens (tertiary/aromatic N) is 3. The van der Waals surface area contributed by atoms with Gasteiger partial charge in [-0.3, -0.25) is 4.79 Å². The monoisotopic (exact) mass is 305 g/mol. The number of ether oxygens (including phenoxy) is 1. The standard InChI is InChI=1S/C15H16ClN3O2/c1-21-14(20)15-6-2-3-10(15)8-19(9-15)13-5-4-11(16)12(7-17)18-13/h4-5,10H,2-3,6,8-9H2,1H3. The molecule has 1 saturated carbocycles. The molecule has 1 aliphatic heterocycles. The fourth-order valence-electron chi connectivity index (χ4n) is 3.69. The predicted octanol–water partition coefficient (Wildman–Crippen LogP) is 2.39. The van der Waals surface area contributed by atoms with Gasteiger partial charge in [0.2, 0.25) is 0 Å². The Kier molecular flexibility index (Phi) is 3.50. The molecule has 1 aromatic heterocycles. The van der Waals surface area contributed by atoms with Gasteiger partial charge in [-0.2, -0.15) is 5.26 Å².